The van der Waals surface area contributed by atoms with E-state index in [1.165, 1.54) is 37.3 Å². The number of carbonyl (C=O) groups is 2. The van der Waals surface area contributed by atoms with E-state index < -0.39 is 10.0 Å². The zero-order valence-corrected chi connectivity index (χ0v) is 16.0. The van der Waals surface area contributed by atoms with E-state index in [1.807, 2.05) is 0 Å². The normalized spacial score (nSPS) is 14.6. The second-order valence-electron chi connectivity index (χ2n) is 6.62. The quantitative estimate of drug-likeness (QED) is 0.799. The molecule has 7 heteroatoms. The van der Waals surface area contributed by atoms with E-state index >= 15 is 0 Å². The van der Waals surface area contributed by atoms with Crippen LogP contribution in [0.5, 0.6) is 0 Å². The van der Waals surface area contributed by atoms with Crippen molar-refractivity contribution in [1.29, 1.82) is 0 Å². The highest BCUT2D eigenvalue weighted by molar-refractivity contribution is 7.92. The third-order valence-corrected chi connectivity index (χ3v) is 5.97. The maximum atomic E-state index is 12.6. The van der Waals surface area contributed by atoms with Gasteiger partial charge in [0.2, 0.25) is 0 Å². The molecule has 3 rings (SSSR count). The molecule has 27 heavy (non-hydrogen) atoms. The molecule has 1 fully saturated rings. The molecule has 0 atom stereocenters. The van der Waals surface area contributed by atoms with Crippen molar-refractivity contribution in [2.75, 3.05) is 17.8 Å². The summed E-state index contributed by atoms with van der Waals surface area (Å²) in [5, 5.41) is 0. The molecule has 1 aliphatic heterocycles. The zero-order valence-electron chi connectivity index (χ0n) is 15.1. The maximum Gasteiger partial charge on any atom is 0.261 e. The number of Topliss-reactive ketones (excluding diaryl/α,β-unsaturated/α-hetero) is 1. The second-order valence-corrected chi connectivity index (χ2v) is 8.30. The number of likely N-dealkylation sites (tertiary alicyclic amines) is 1. The largest absolute Gasteiger partial charge is 0.339 e. The van der Waals surface area contributed by atoms with Gasteiger partial charge in [-0.25, -0.2) is 8.42 Å². The van der Waals surface area contributed by atoms with Gasteiger partial charge in [0.25, 0.3) is 15.9 Å². The predicted octanol–water partition coefficient (Wildman–Crippen LogP) is 3.32. The van der Waals surface area contributed by atoms with Crippen LogP contribution in [-0.4, -0.2) is 38.1 Å². The molecule has 0 spiro atoms. The summed E-state index contributed by atoms with van der Waals surface area (Å²) in [4.78, 5) is 25.8. The summed E-state index contributed by atoms with van der Waals surface area (Å²) in [5.41, 5.74) is 1.23. The Morgan fingerprint density at radius 3 is 2.22 bits per heavy atom. The zero-order chi connectivity index (χ0) is 19.4. The molecule has 1 amide bonds. The van der Waals surface area contributed by atoms with Gasteiger partial charge in [-0.15, -0.1) is 0 Å². The summed E-state index contributed by atoms with van der Waals surface area (Å²) >= 11 is 0. The van der Waals surface area contributed by atoms with E-state index in [1.54, 1.807) is 23.1 Å². The molecule has 0 saturated carbocycles. The molecule has 1 N–H and O–H groups in total. The molecule has 0 unspecified atom stereocenters. The van der Waals surface area contributed by atoms with E-state index in [0.717, 1.165) is 32.4 Å². The predicted molar refractivity (Wildman–Crippen MR) is 103 cm³/mol. The summed E-state index contributed by atoms with van der Waals surface area (Å²) in [7, 11) is -3.81. The third-order valence-electron chi connectivity index (χ3n) is 4.58. The lowest BCUT2D eigenvalue weighted by Gasteiger charge is -2.26. The van der Waals surface area contributed by atoms with Crippen molar-refractivity contribution in [3.8, 4) is 0 Å². The van der Waals surface area contributed by atoms with Gasteiger partial charge in [0.15, 0.2) is 5.78 Å². The van der Waals surface area contributed by atoms with Gasteiger partial charge in [0.1, 0.15) is 0 Å². The molecular formula is C20H22N2O4S. The SMILES string of the molecule is CC(=O)c1cccc(NS(=O)(=O)c2ccc(C(=O)N3CCCCC3)cc2)c1. The lowest BCUT2D eigenvalue weighted by atomic mass is 10.1. The Kier molecular flexibility index (Phi) is 5.60. The van der Waals surface area contributed by atoms with Crippen LogP contribution in [0.25, 0.3) is 0 Å². The number of ketones is 1. The fourth-order valence-corrected chi connectivity index (χ4v) is 4.12. The van der Waals surface area contributed by atoms with E-state index in [9.17, 15) is 18.0 Å². The van der Waals surface area contributed by atoms with Crippen molar-refractivity contribution in [3.63, 3.8) is 0 Å². The monoisotopic (exact) mass is 386 g/mol. The summed E-state index contributed by atoms with van der Waals surface area (Å²) < 4.78 is 27.6. The van der Waals surface area contributed by atoms with Crippen molar-refractivity contribution >= 4 is 27.4 Å². The number of benzene rings is 2. The van der Waals surface area contributed by atoms with Crippen LogP contribution in [0.4, 0.5) is 5.69 Å². The van der Waals surface area contributed by atoms with Gasteiger partial charge in [0, 0.05) is 29.9 Å². The lowest BCUT2D eigenvalue weighted by Crippen LogP contribution is -2.35. The van der Waals surface area contributed by atoms with Gasteiger partial charge in [-0.05, 0) is 62.6 Å². The number of anilines is 1. The number of nitrogens with zero attached hydrogens (tertiary/aromatic N) is 1. The van der Waals surface area contributed by atoms with Gasteiger partial charge in [-0.2, -0.15) is 0 Å². The molecular weight excluding hydrogens is 364 g/mol. The summed E-state index contributed by atoms with van der Waals surface area (Å²) in [6, 6.07) is 12.3. The van der Waals surface area contributed by atoms with Crippen LogP contribution in [0.2, 0.25) is 0 Å². The van der Waals surface area contributed by atoms with Gasteiger partial charge in [-0.3, -0.25) is 14.3 Å². The number of carbonyl (C=O) groups excluding carboxylic acids is 2. The Morgan fingerprint density at radius 1 is 0.926 bits per heavy atom. The Bertz CT molecular complexity index is 946. The highest BCUT2D eigenvalue weighted by Crippen LogP contribution is 2.19. The molecule has 0 aliphatic carbocycles. The topological polar surface area (TPSA) is 83.5 Å². The molecule has 0 radical (unpaired) electrons. The van der Waals surface area contributed by atoms with Crippen LogP contribution >= 0.6 is 0 Å². The fourth-order valence-electron chi connectivity index (χ4n) is 3.07. The minimum Gasteiger partial charge on any atom is -0.339 e. The summed E-state index contributed by atoms with van der Waals surface area (Å²) in [6.45, 7) is 2.91. The number of hydrogen-bond donors (Lipinski definition) is 1. The second kappa shape index (κ2) is 7.92. The van der Waals surface area contributed by atoms with Crippen molar-refractivity contribution < 1.29 is 18.0 Å². The van der Waals surface area contributed by atoms with Gasteiger partial charge in [-0.1, -0.05) is 12.1 Å². The van der Waals surface area contributed by atoms with Crippen LogP contribution in [0, 0.1) is 0 Å². The van der Waals surface area contributed by atoms with Crippen LogP contribution in [0.15, 0.2) is 53.4 Å². The van der Waals surface area contributed by atoms with Crippen LogP contribution in [-0.2, 0) is 10.0 Å². The number of sulfonamides is 1. The molecule has 0 bridgehead atoms. The fraction of sp³-hybridized carbons (Fsp3) is 0.300. The van der Waals surface area contributed by atoms with Gasteiger partial charge < -0.3 is 4.90 Å². The first-order valence-electron chi connectivity index (χ1n) is 8.90. The molecule has 1 aliphatic rings. The van der Waals surface area contributed by atoms with Gasteiger partial charge in [0.05, 0.1) is 4.90 Å². The number of piperidine rings is 1. The smallest absolute Gasteiger partial charge is 0.261 e. The molecule has 2 aromatic carbocycles. The van der Waals surface area contributed by atoms with E-state index in [-0.39, 0.29) is 16.6 Å². The first-order chi connectivity index (χ1) is 12.9. The lowest BCUT2D eigenvalue weighted by molar-refractivity contribution is 0.0724. The minimum atomic E-state index is -3.81. The molecule has 0 aromatic heterocycles. The Morgan fingerprint density at radius 2 is 1.59 bits per heavy atom. The van der Waals surface area contributed by atoms with E-state index in [4.69, 9.17) is 0 Å². The average Bonchev–Trinajstić information content (AvgIpc) is 2.68. The van der Waals surface area contributed by atoms with Crippen molar-refractivity contribution in [2.24, 2.45) is 0 Å². The number of nitrogens with one attached hydrogen (secondary N) is 1. The molecule has 142 valence electrons. The number of hydrogen-bond acceptors (Lipinski definition) is 4. The standard InChI is InChI=1S/C20H22N2O4S/c1-15(23)17-6-5-7-18(14-17)21-27(25,26)19-10-8-16(9-11-19)20(24)22-12-3-2-4-13-22/h5-11,14,21H,2-4,12-13H2,1H3. The highest BCUT2D eigenvalue weighted by atomic mass is 32.2. The highest BCUT2D eigenvalue weighted by Gasteiger charge is 2.20. The number of rotatable bonds is 5. The average molecular weight is 386 g/mol. The van der Waals surface area contributed by atoms with Crippen LogP contribution < -0.4 is 4.72 Å². The molecule has 2 aromatic rings. The number of amides is 1. The van der Waals surface area contributed by atoms with E-state index in [2.05, 4.69) is 4.72 Å². The third kappa shape index (κ3) is 4.54. The van der Waals surface area contributed by atoms with Crippen molar-refractivity contribution in [3.05, 3.63) is 59.7 Å². The summed E-state index contributed by atoms with van der Waals surface area (Å²) in [5.74, 6) is -0.211. The summed E-state index contributed by atoms with van der Waals surface area (Å²) in [6.07, 6.45) is 3.14. The Hall–Kier alpha value is -2.67. The van der Waals surface area contributed by atoms with Crippen molar-refractivity contribution in [2.45, 2.75) is 31.1 Å². The first-order valence-corrected chi connectivity index (χ1v) is 10.4. The van der Waals surface area contributed by atoms with Crippen LogP contribution in [0.1, 0.15) is 46.9 Å². The Balaban J connectivity index is 1.76. The molecule has 6 nitrogen and oxygen atoms in total. The van der Waals surface area contributed by atoms with Crippen molar-refractivity contribution in [1.82, 2.24) is 4.90 Å². The van der Waals surface area contributed by atoms with E-state index in [0.29, 0.717) is 16.8 Å². The molecule has 1 heterocycles. The minimum absolute atomic E-state index is 0.0610. The van der Waals surface area contributed by atoms with Gasteiger partial charge >= 0.3 is 0 Å². The van der Waals surface area contributed by atoms with Crippen LogP contribution in [0.3, 0.4) is 0 Å². The molecule has 1 saturated heterocycles. The first kappa shape index (κ1) is 19.1. The Labute approximate surface area is 159 Å². The maximum absolute atomic E-state index is 12.6.